The molecule has 35 heavy (non-hydrogen) atoms. The van der Waals surface area contributed by atoms with Crippen LogP contribution < -0.4 is 11.5 Å². The molecule has 0 saturated carbocycles. The van der Waals surface area contributed by atoms with Crippen molar-refractivity contribution < 1.29 is 0 Å². The summed E-state index contributed by atoms with van der Waals surface area (Å²) >= 11 is 3.54. The van der Waals surface area contributed by atoms with Gasteiger partial charge >= 0.3 is 0 Å². The highest BCUT2D eigenvalue weighted by Gasteiger charge is 2.09. The van der Waals surface area contributed by atoms with Crippen molar-refractivity contribution in [1.82, 2.24) is 0 Å². The third kappa shape index (κ3) is 4.64. The van der Waals surface area contributed by atoms with Gasteiger partial charge in [0.05, 0.1) is 5.69 Å². The maximum atomic E-state index is 6.12. The van der Waals surface area contributed by atoms with E-state index in [9.17, 15) is 0 Å². The number of nitrogen functional groups attached to an aromatic ring is 2. The smallest absolute Gasteiger partial charge is 0.0538 e. The molecule has 0 unspecified atom stereocenters. The van der Waals surface area contributed by atoms with Crippen molar-refractivity contribution in [3.05, 3.63) is 132 Å². The van der Waals surface area contributed by atoms with Crippen LogP contribution in [0.15, 0.2) is 132 Å². The molecule has 0 fully saturated rings. The lowest BCUT2D eigenvalue weighted by atomic mass is 9.97. The van der Waals surface area contributed by atoms with Crippen molar-refractivity contribution >= 4 is 48.8 Å². The van der Waals surface area contributed by atoms with Gasteiger partial charge in [-0.1, -0.05) is 115 Å². The van der Waals surface area contributed by atoms with E-state index in [2.05, 4.69) is 88.7 Å². The highest BCUT2D eigenvalue weighted by Crippen LogP contribution is 2.37. The molecule has 0 bridgehead atoms. The maximum Gasteiger partial charge on any atom is 0.0538 e. The predicted octanol–water partition coefficient (Wildman–Crippen LogP) is 8.94. The number of nitrogens with two attached hydrogens (primary N) is 2. The van der Waals surface area contributed by atoms with E-state index in [1.54, 1.807) is 0 Å². The van der Waals surface area contributed by atoms with Gasteiger partial charge in [-0.25, -0.2) is 0 Å². The largest absolute Gasteiger partial charge is 0.398 e. The van der Waals surface area contributed by atoms with Gasteiger partial charge in [-0.15, -0.1) is 0 Å². The fraction of sp³-hybridized carbons (Fsp3) is 0. The molecule has 170 valence electrons. The number of rotatable bonds is 2. The van der Waals surface area contributed by atoms with Gasteiger partial charge in [-0.2, -0.15) is 0 Å². The summed E-state index contributed by atoms with van der Waals surface area (Å²) in [4.78, 5) is 0. The Balaban J connectivity index is 0.000000145. The molecule has 0 amide bonds. The van der Waals surface area contributed by atoms with Crippen molar-refractivity contribution in [3.63, 3.8) is 0 Å². The first kappa shape index (κ1) is 22.7. The van der Waals surface area contributed by atoms with Crippen LogP contribution in [0.25, 0.3) is 43.8 Å². The minimum atomic E-state index is 0.797. The molecule has 6 rings (SSSR count). The third-order valence-corrected chi connectivity index (χ3v) is 6.82. The number of hydrogen-bond acceptors (Lipinski definition) is 2. The first-order valence-electron chi connectivity index (χ1n) is 11.5. The summed E-state index contributed by atoms with van der Waals surface area (Å²) in [6.45, 7) is 0. The lowest BCUT2D eigenvalue weighted by Gasteiger charge is -2.11. The number of halogens is 1. The maximum absolute atomic E-state index is 6.12. The SMILES string of the molecule is Nc1c(Br)cc(-c2ccccc2)c2ccccc12.Nc1ccc(-c2ccccc2)c2ccccc12. The van der Waals surface area contributed by atoms with E-state index < -0.39 is 0 Å². The molecule has 0 aliphatic heterocycles. The Bertz CT molecular complexity index is 1610. The fourth-order valence-electron chi connectivity index (χ4n) is 4.41. The van der Waals surface area contributed by atoms with E-state index in [-0.39, 0.29) is 0 Å². The second-order valence-electron chi connectivity index (χ2n) is 8.35. The Morgan fingerprint density at radius 2 is 0.886 bits per heavy atom. The van der Waals surface area contributed by atoms with Crippen molar-refractivity contribution in [3.8, 4) is 22.3 Å². The molecule has 0 atom stereocenters. The molecule has 3 heteroatoms. The molecule has 6 aromatic rings. The van der Waals surface area contributed by atoms with Crippen LogP contribution in [0.1, 0.15) is 0 Å². The summed E-state index contributed by atoms with van der Waals surface area (Å²) in [6.07, 6.45) is 0. The first-order chi connectivity index (χ1) is 17.1. The van der Waals surface area contributed by atoms with Crippen LogP contribution in [0.2, 0.25) is 0 Å². The molecule has 0 aliphatic rings. The van der Waals surface area contributed by atoms with Gasteiger partial charge in [0.2, 0.25) is 0 Å². The van der Waals surface area contributed by atoms with E-state index in [1.807, 2.05) is 54.6 Å². The predicted molar refractivity (Wildman–Crippen MR) is 155 cm³/mol. The number of benzene rings is 6. The van der Waals surface area contributed by atoms with Crippen molar-refractivity contribution in [2.45, 2.75) is 0 Å². The number of fused-ring (bicyclic) bond motifs is 2. The van der Waals surface area contributed by atoms with E-state index in [0.717, 1.165) is 26.6 Å². The van der Waals surface area contributed by atoms with Gasteiger partial charge in [0.1, 0.15) is 0 Å². The number of anilines is 2. The Morgan fingerprint density at radius 1 is 0.429 bits per heavy atom. The molecular formula is C32H25BrN2. The molecule has 0 aliphatic carbocycles. The minimum absolute atomic E-state index is 0.797. The number of hydrogen-bond donors (Lipinski definition) is 2. The lowest BCUT2D eigenvalue weighted by molar-refractivity contribution is 1.62. The highest BCUT2D eigenvalue weighted by molar-refractivity contribution is 9.10. The van der Waals surface area contributed by atoms with Crippen molar-refractivity contribution in [1.29, 1.82) is 0 Å². The summed E-state index contributed by atoms with van der Waals surface area (Å²) in [5.74, 6) is 0. The summed E-state index contributed by atoms with van der Waals surface area (Å²) in [5, 5.41) is 4.60. The standard InChI is InChI=1S/C16H12BrN.C16H13N/c17-15-10-14(11-6-2-1-3-7-11)12-8-4-5-9-13(12)16(15)18;17-16-11-10-13(12-6-2-1-3-7-12)14-8-4-5-9-15(14)16/h1-10H,18H2;1-11H,17H2. The molecule has 4 N–H and O–H groups in total. The van der Waals surface area contributed by atoms with Crippen LogP contribution in [-0.4, -0.2) is 0 Å². The minimum Gasteiger partial charge on any atom is -0.398 e. The Kier molecular flexibility index (Phi) is 6.51. The van der Waals surface area contributed by atoms with E-state index >= 15 is 0 Å². The van der Waals surface area contributed by atoms with Crippen LogP contribution in [0.3, 0.4) is 0 Å². The normalized spacial score (nSPS) is 10.7. The van der Waals surface area contributed by atoms with E-state index in [1.165, 1.54) is 33.0 Å². The van der Waals surface area contributed by atoms with Crippen LogP contribution in [0, 0.1) is 0 Å². The van der Waals surface area contributed by atoms with Gasteiger partial charge in [0.25, 0.3) is 0 Å². The lowest BCUT2D eigenvalue weighted by Crippen LogP contribution is -1.91. The van der Waals surface area contributed by atoms with Gasteiger partial charge in [0, 0.05) is 20.9 Å². The summed E-state index contributed by atoms with van der Waals surface area (Å²) in [5.41, 5.74) is 18.6. The van der Waals surface area contributed by atoms with E-state index in [4.69, 9.17) is 11.5 Å². The second kappa shape index (κ2) is 10.0. The highest BCUT2D eigenvalue weighted by atomic mass is 79.9. The summed E-state index contributed by atoms with van der Waals surface area (Å²) in [6, 6.07) is 43.4. The molecule has 0 spiro atoms. The van der Waals surface area contributed by atoms with Gasteiger partial charge in [-0.05, 0) is 61.1 Å². The zero-order valence-corrected chi connectivity index (χ0v) is 20.7. The first-order valence-corrected chi connectivity index (χ1v) is 12.3. The summed E-state index contributed by atoms with van der Waals surface area (Å²) in [7, 11) is 0. The molecule has 0 aromatic heterocycles. The van der Waals surface area contributed by atoms with Gasteiger partial charge in [0.15, 0.2) is 0 Å². The Hall–Kier alpha value is -4.08. The average Bonchev–Trinajstić information content (AvgIpc) is 2.92. The third-order valence-electron chi connectivity index (χ3n) is 6.16. The quantitative estimate of drug-likeness (QED) is 0.225. The van der Waals surface area contributed by atoms with Crippen LogP contribution in [0.5, 0.6) is 0 Å². The van der Waals surface area contributed by atoms with Crippen LogP contribution >= 0.6 is 15.9 Å². The van der Waals surface area contributed by atoms with Crippen LogP contribution in [-0.2, 0) is 0 Å². The molecule has 0 saturated heterocycles. The summed E-state index contributed by atoms with van der Waals surface area (Å²) < 4.78 is 0.944. The zero-order valence-electron chi connectivity index (χ0n) is 19.2. The fourth-order valence-corrected chi connectivity index (χ4v) is 4.85. The molecular weight excluding hydrogens is 492 g/mol. The van der Waals surface area contributed by atoms with Crippen molar-refractivity contribution in [2.24, 2.45) is 0 Å². The Labute approximate surface area is 214 Å². The molecule has 2 nitrogen and oxygen atoms in total. The van der Waals surface area contributed by atoms with E-state index in [0.29, 0.717) is 0 Å². The molecule has 0 heterocycles. The average molecular weight is 517 g/mol. The monoisotopic (exact) mass is 516 g/mol. The van der Waals surface area contributed by atoms with Gasteiger partial charge in [-0.3, -0.25) is 0 Å². The van der Waals surface area contributed by atoms with Crippen molar-refractivity contribution in [2.75, 3.05) is 11.5 Å². The topological polar surface area (TPSA) is 52.0 Å². The van der Waals surface area contributed by atoms with Gasteiger partial charge < -0.3 is 11.5 Å². The molecule has 6 aromatic carbocycles. The van der Waals surface area contributed by atoms with Crippen LogP contribution in [0.4, 0.5) is 11.4 Å². The Morgan fingerprint density at radius 3 is 1.49 bits per heavy atom. The second-order valence-corrected chi connectivity index (χ2v) is 9.20. The molecule has 0 radical (unpaired) electrons. The zero-order chi connectivity index (χ0) is 24.2.